The monoisotopic (exact) mass is 265 g/mol. The number of nitrogens with one attached hydrogen (secondary N) is 1. The van der Waals surface area contributed by atoms with Crippen LogP contribution in [-0.2, 0) is 5.41 Å². The molecule has 1 atom stereocenters. The Bertz CT molecular complexity index is 463. The van der Waals surface area contributed by atoms with Gasteiger partial charge >= 0.3 is 0 Å². The zero-order valence-electron chi connectivity index (χ0n) is 10.8. The van der Waals surface area contributed by atoms with Crippen molar-refractivity contribution in [2.24, 2.45) is 0 Å². The molecule has 2 heterocycles. The zero-order valence-corrected chi connectivity index (χ0v) is 12.4. The van der Waals surface area contributed by atoms with Crippen LogP contribution in [0.5, 0.6) is 0 Å². The van der Waals surface area contributed by atoms with Crippen LogP contribution >= 0.6 is 22.7 Å². The molecular formula is C14H19NS2. The van der Waals surface area contributed by atoms with Gasteiger partial charge in [0.2, 0.25) is 0 Å². The van der Waals surface area contributed by atoms with E-state index in [2.05, 4.69) is 55.0 Å². The highest BCUT2D eigenvalue weighted by Crippen LogP contribution is 2.34. The van der Waals surface area contributed by atoms with Crippen molar-refractivity contribution < 1.29 is 0 Å². The van der Waals surface area contributed by atoms with E-state index in [1.54, 1.807) is 11.3 Å². The largest absolute Gasteiger partial charge is 0.309 e. The van der Waals surface area contributed by atoms with Crippen molar-refractivity contribution in [3.8, 4) is 0 Å². The highest BCUT2D eigenvalue weighted by atomic mass is 32.1. The molecule has 0 amide bonds. The van der Waals surface area contributed by atoms with Crippen molar-refractivity contribution in [3.05, 3.63) is 44.3 Å². The van der Waals surface area contributed by atoms with E-state index < -0.39 is 0 Å². The summed E-state index contributed by atoms with van der Waals surface area (Å²) < 4.78 is 0. The molecule has 17 heavy (non-hydrogen) atoms. The van der Waals surface area contributed by atoms with Crippen molar-refractivity contribution in [2.45, 2.75) is 32.2 Å². The van der Waals surface area contributed by atoms with Crippen LogP contribution in [0.3, 0.4) is 0 Å². The lowest BCUT2D eigenvalue weighted by Gasteiger charge is -2.16. The summed E-state index contributed by atoms with van der Waals surface area (Å²) in [6, 6.07) is 7.05. The molecule has 3 heteroatoms. The molecule has 0 aliphatic carbocycles. The Hall–Kier alpha value is -0.640. The van der Waals surface area contributed by atoms with Gasteiger partial charge in [0, 0.05) is 9.75 Å². The summed E-state index contributed by atoms with van der Waals surface area (Å²) in [6.07, 6.45) is 0. The molecule has 0 spiro atoms. The summed E-state index contributed by atoms with van der Waals surface area (Å²) in [5.41, 5.74) is 1.61. The maximum absolute atomic E-state index is 3.40. The fourth-order valence-electron chi connectivity index (χ4n) is 1.82. The van der Waals surface area contributed by atoms with Gasteiger partial charge in [0.1, 0.15) is 0 Å². The highest BCUT2D eigenvalue weighted by Gasteiger charge is 2.20. The Morgan fingerprint density at radius 2 is 1.94 bits per heavy atom. The molecule has 0 aromatic carbocycles. The molecule has 1 nitrogen and oxygen atoms in total. The van der Waals surface area contributed by atoms with Crippen molar-refractivity contribution in [1.29, 1.82) is 0 Å². The predicted molar refractivity (Wildman–Crippen MR) is 78.2 cm³/mol. The van der Waals surface area contributed by atoms with E-state index in [0.717, 1.165) is 0 Å². The van der Waals surface area contributed by atoms with Crippen LogP contribution < -0.4 is 5.32 Å². The minimum absolute atomic E-state index is 0.246. The lowest BCUT2D eigenvalue weighted by atomic mass is 9.95. The van der Waals surface area contributed by atoms with Crippen LogP contribution in [0.15, 0.2) is 29.0 Å². The average Bonchev–Trinajstić information content (AvgIpc) is 2.87. The summed E-state index contributed by atoms with van der Waals surface area (Å²) in [6.45, 7) is 6.80. The summed E-state index contributed by atoms with van der Waals surface area (Å²) in [5.74, 6) is 0. The molecule has 0 bridgehead atoms. The van der Waals surface area contributed by atoms with E-state index in [1.165, 1.54) is 15.3 Å². The number of hydrogen-bond donors (Lipinski definition) is 1. The molecule has 0 aliphatic rings. The molecule has 0 saturated carbocycles. The third-order valence-electron chi connectivity index (χ3n) is 2.82. The Morgan fingerprint density at radius 1 is 1.18 bits per heavy atom. The molecule has 0 aliphatic heterocycles. The van der Waals surface area contributed by atoms with Crippen molar-refractivity contribution >= 4 is 22.7 Å². The summed E-state index contributed by atoms with van der Waals surface area (Å²) >= 11 is 3.67. The van der Waals surface area contributed by atoms with Crippen molar-refractivity contribution in [3.63, 3.8) is 0 Å². The minimum atomic E-state index is 0.246. The smallest absolute Gasteiger partial charge is 0.0676 e. The van der Waals surface area contributed by atoms with Crippen LogP contribution in [0.4, 0.5) is 0 Å². The van der Waals surface area contributed by atoms with Gasteiger partial charge in [-0.3, -0.25) is 0 Å². The maximum atomic E-state index is 3.40. The van der Waals surface area contributed by atoms with E-state index in [1.807, 2.05) is 18.4 Å². The molecular weight excluding hydrogens is 246 g/mol. The first-order chi connectivity index (χ1) is 8.02. The van der Waals surface area contributed by atoms with Crippen LogP contribution in [0.25, 0.3) is 0 Å². The van der Waals surface area contributed by atoms with Gasteiger partial charge in [-0.2, -0.15) is 11.3 Å². The molecule has 2 aromatic rings. The van der Waals surface area contributed by atoms with Gasteiger partial charge in [0.05, 0.1) is 6.04 Å². The second-order valence-corrected chi connectivity index (χ2v) is 7.13. The van der Waals surface area contributed by atoms with Gasteiger partial charge in [0.25, 0.3) is 0 Å². The molecule has 0 saturated heterocycles. The minimum Gasteiger partial charge on any atom is -0.309 e. The Labute approximate surface area is 112 Å². The standard InChI is InChI=1S/C14H19NS2/c1-14(2,3)12-6-5-11(17-12)13(15-4)10-7-8-16-9-10/h5-9,13,15H,1-4H3. The molecule has 1 unspecified atom stereocenters. The lowest BCUT2D eigenvalue weighted by Crippen LogP contribution is -2.15. The lowest BCUT2D eigenvalue weighted by molar-refractivity contribution is 0.604. The second-order valence-electron chi connectivity index (χ2n) is 5.23. The highest BCUT2D eigenvalue weighted by molar-refractivity contribution is 7.12. The van der Waals surface area contributed by atoms with Gasteiger partial charge in [-0.15, -0.1) is 11.3 Å². The van der Waals surface area contributed by atoms with Gasteiger partial charge in [0.15, 0.2) is 0 Å². The van der Waals surface area contributed by atoms with Gasteiger partial charge in [-0.1, -0.05) is 20.8 Å². The van der Waals surface area contributed by atoms with Gasteiger partial charge in [-0.05, 0) is 47.0 Å². The third-order valence-corrected chi connectivity index (χ3v) is 5.09. The fourth-order valence-corrected chi connectivity index (χ4v) is 3.71. The first-order valence-electron chi connectivity index (χ1n) is 5.82. The molecule has 2 aromatic heterocycles. The molecule has 2 rings (SSSR count). The molecule has 92 valence electrons. The Balaban J connectivity index is 2.30. The molecule has 0 fully saturated rings. The number of rotatable bonds is 3. The van der Waals surface area contributed by atoms with Gasteiger partial charge < -0.3 is 5.32 Å². The van der Waals surface area contributed by atoms with Gasteiger partial charge in [-0.25, -0.2) is 0 Å². The summed E-state index contributed by atoms with van der Waals surface area (Å²) in [4.78, 5) is 2.85. The van der Waals surface area contributed by atoms with E-state index in [4.69, 9.17) is 0 Å². The van der Waals surface area contributed by atoms with Crippen molar-refractivity contribution in [1.82, 2.24) is 5.32 Å². The van der Waals surface area contributed by atoms with E-state index in [0.29, 0.717) is 6.04 Å². The summed E-state index contributed by atoms with van der Waals surface area (Å²) in [5, 5.41) is 7.76. The van der Waals surface area contributed by atoms with Crippen LogP contribution in [0.2, 0.25) is 0 Å². The number of thiophene rings is 2. The van der Waals surface area contributed by atoms with Crippen LogP contribution in [0.1, 0.15) is 42.1 Å². The van der Waals surface area contributed by atoms with E-state index >= 15 is 0 Å². The molecule has 0 radical (unpaired) electrons. The van der Waals surface area contributed by atoms with Crippen LogP contribution in [0, 0.1) is 0 Å². The maximum Gasteiger partial charge on any atom is 0.0676 e. The van der Waals surface area contributed by atoms with Crippen LogP contribution in [-0.4, -0.2) is 7.05 Å². The quantitative estimate of drug-likeness (QED) is 0.866. The SMILES string of the molecule is CNC(c1ccsc1)c1ccc(C(C)(C)C)s1. The number of hydrogen-bond acceptors (Lipinski definition) is 3. The van der Waals surface area contributed by atoms with Crippen molar-refractivity contribution in [2.75, 3.05) is 7.05 Å². The third kappa shape index (κ3) is 2.79. The topological polar surface area (TPSA) is 12.0 Å². The first-order valence-corrected chi connectivity index (χ1v) is 7.58. The van der Waals surface area contributed by atoms with E-state index in [-0.39, 0.29) is 5.41 Å². The molecule has 1 N–H and O–H groups in total. The normalized spacial score (nSPS) is 13.9. The average molecular weight is 265 g/mol. The fraction of sp³-hybridized carbons (Fsp3) is 0.429. The van der Waals surface area contributed by atoms with E-state index in [9.17, 15) is 0 Å². The zero-order chi connectivity index (χ0) is 12.5. The second kappa shape index (κ2) is 4.92. The Kier molecular flexibility index (Phi) is 3.71. The summed E-state index contributed by atoms with van der Waals surface area (Å²) in [7, 11) is 2.03. The first kappa shape index (κ1) is 12.8. The Morgan fingerprint density at radius 3 is 2.41 bits per heavy atom. The predicted octanol–water partition coefficient (Wildman–Crippen LogP) is 4.42.